The Morgan fingerprint density at radius 2 is 2.07 bits per heavy atom. The number of fused-ring (bicyclic) bond motifs is 1. The number of hydrogen-bond acceptors (Lipinski definition) is 6. The van der Waals surface area contributed by atoms with Gasteiger partial charge in [-0.25, -0.2) is 12.7 Å². The van der Waals surface area contributed by atoms with E-state index in [2.05, 4.69) is 20.1 Å². The number of halogens is 1. The number of aromatic nitrogens is 3. The number of nitrogens with zero attached hydrogens (tertiary/aromatic N) is 4. The average Bonchev–Trinajstić information content (AvgIpc) is 2.90. The molecule has 1 amide bonds. The highest BCUT2D eigenvalue weighted by Crippen LogP contribution is 2.27. The van der Waals surface area contributed by atoms with Crippen molar-refractivity contribution in [2.75, 3.05) is 25.2 Å². The first-order valence-electron chi connectivity index (χ1n) is 9.36. The summed E-state index contributed by atoms with van der Waals surface area (Å²) in [6, 6.07) is 4.26. The van der Waals surface area contributed by atoms with Crippen LogP contribution in [0.15, 0.2) is 28.3 Å². The topological polar surface area (TPSA) is 97.2 Å². The highest BCUT2D eigenvalue weighted by Gasteiger charge is 2.19. The minimum absolute atomic E-state index is 0.0720. The fraction of sp³-hybridized carbons (Fsp3) is 0.500. The molecule has 8 nitrogen and oxygen atoms in total. The summed E-state index contributed by atoms with van der Waals surface area (Å²) in [6.07, 6.45) is 4.63. The molecule has 3 rings (SSSR count). The molecule has 2 aromatic rings. The van der Waals surface area contributed by atoms with Gasteiger partial charge in [0, 0.05) is 39.2 Å². The minimum Gasteiger partial charge on any atom is -0.325 e. The maximum Gasteiger partial charge on any atom is 0.242 e. The molecule has 1 aromatic carbocycles. The summed E-state index contributed by atoms with van der Waals surface area (Å²) in [5.41, 5.74) is 0.279. The van der Waals surface area contributed by atoms with Gasteiger partial charge in [-0.3, -0.25) is 4.79 Å². The molecular weight excluding hydrogens is 434 g/mol. The summed E-state index contributed by atoms with van der Waals surface area (Å²) >= 11 is 7.63. The van der Waals surface area contributed by atoms with Gasteiger partial charge in [-0.05, 0) is 31.0 Å². The fourth-order valence-electron chi connectivity index (χ4n) is 2.98. The van der Waals surface area contributed by atoms with Crippen LogP contribution in [-0.4, -0.2) is 53.2 Å². The van der Waals surface area contributed by atoms with Crippen LogP contribution < -0.4 is 5.32 Å². The van der Waals surface area contributed by atoms with Gasteiger partial charge in [0.1, 0.15) is 5.82 Å². The minimum atomic E-state index is -3.61. The molecule has 0 spiro atoms. The molecule has 0 saturated carbocycles. The van der Waals surface area contributed by atoms with Crippen molar-refractivity contribution in [1.29, 1.82) is 0 Å². The summed E-state index contributed by atoms with van der Waals surface area (Å²) in [5, 5.41) is 12.3. The van der Waals surface area contributed by atoms with Gasteiger partial charge < -0.3 is 9.88 Å². The summed E-state index contributed by atoms with van der Waals surface area (Å²) < 4.78 is 27.8. The Morgan fingerprint density at radius 1 is 1.28 bits per heavy atom. The van der Waals surface area contributed by atoms with Crippen molar-refractivity contribution in [2.24, 2.45) is 0 Å². The molecule has 1 aliphatic rings. The molecule has 0 fully saturated rings. The van der Waals surface area contributed by atoms with Gasteiger partial charge in [0.25, 0.3) is 0 Å². The highest BCUT2D eigenvalue weighted by atomic mass is 35.5. The Morgan fingerprint density at radius 3 is 2.83 bits per heavy atom. The van der Waals surface area contributed by atoms with Crippen molar-refractivity contribution in [3.8, 4) is 0 Å². The van der Waals surface area contributed by atoms with E-state index in [1.165, 1.54) is 50.5 Å². The molecule has 0 radical (unpaired) electrons. The van der Waals surface area contributed by atoms with Gasteiger partial charge in [0.2, 0.25) is 15.9 Å². The Kier molecular flexibility index (Phi) is 7.20. The number of carbonyl (C=O) groups is 1. The van der Waals surface area contributed by atoms with Crippen LogP contribution in [0.25, 0.3) is 0 Å². The first-order chi connectivity index (χ1) is 13.8. The third-order valence-electron chi connectivity index (χ3n) is 4.63. The summed E-state index contributed by atoms with van der Waals surface area (Å²) in [6.45, 7) is 0.916. The molecule has 1 aliphatic heterocycles. The standard InChI is InChI=1S/C18H24ClN5O3S2/c1-23(2)29(26,27)13-7-8-14(19)15(12-13)20-17(25)9-11-28-18-22-21-16-6-4-3-5-10-24(16)18/h7-8,12H,3-6,9-11H2,1-2H3,(H,20,25). The molecule has 29 heavy (non-hydrogen) atoms. The number of sulfonamides is 1. The number of benzene rings is 1. The molecule has 0 aliphatic carbocycles. The number of rotatable bonds is 7. The number of carbonyl (C=O) groups excluding carboxylic acids is 1. The molecule has 2 heterocycles. The van der Waals surface area contributed by atoms with Gasteiger partial charge >= 0.3 is 0 Å². The van der Waals surface area contributed by atoms with Gasteiger partial charge in [-0.2, -0.15) is 0 Å². The van der Waals surface area contributed by atoms with Crippen LogP contribution in [0.4, 0.5) is 5.69 Å². The third kappa shape index (κ3) is 5.30. The second-order valence-corrected chi connectivity index (χ2v) is 10.6. The number of amides is 1. The van der Waals surface area contributed by atoms with Crippen molar-refractivity contribution >= 4 is 45.0 Å². The Balaban J connectivity index is 1.60. The van der Waals surface area contributed by atoms with E-state index >= 15 is 0 Å². The van der Waals surface area contributed by atoms with E-state index < -0.39 is 10.0 Å². The molecule has 11 heteroatoms. The Hall–Kier alpha value is -1.62. The number of thioether (sulfide) groups is 1. The van der Waals surface area contributed by atoms with Crippen LogP contribution in [0.3, 0.4) is 0 Å². The van der Waals surface area contributed by atoms with E-state index in [4.69, 9.17) is 11.6 Å². The third-order valence-corrected chi connectivity index (χ3v) is 7.74. The van der Waals surface area contributed by atoms with Crippen molar-refractivity contribution in [2.45, 2.75) is 48.7 Å². The zero-order valence-electron chi connectivity index (χ0n) is 16.4. The lowest BCUT2D eigenvalue weighted by molar-refractivity contribution is -0.115. The van der Waals surface area contributed by atoms with Crippen molar-refractivity contribution in [1.82, 2.24) is 19.1 Å². The average molecular weight is 458 g/mol. The van der Waals surface area contributed by atoms with Crippen LogP contribution in [0, 0.1) is 0 Å². The van der Waals surface area contributed by atoms with Crippen molar-refractivity contribution in [3.05, 3.63) is 29.0 Å². The zero-order chi connectivity index (χ0) is 21.0. The highest BCUT2D eigenvalue weighted by molar-refractivity contribution is 7.99. The Bertz CT molecular complexity index is 991. The second kappa shape index (κ2) is 9.46. The predicted octanol–water partition coefficient (Wildman–Crippen LogP) is 3.03. The van der Waals surface area contributed by atoms with Gasteiger partial charge in [0.15, 0.2) is 5.16 Å². The largest absolute Gasteiger partial charge is 0.325 e. The summed E-state index contributed by atoms with van der Waals surface area (Å²) in [5.74, 6) is 1.31. The van der Waals surface area contributed by atoms with E-state index in [1.807, 2.05) is 0 Å². The molecule has 1 aromatic heterocycles. The van der Waals surface area contributed by atoms with Crippen LogP contribution >= 0.6 is 23.4 Å². The zero-order valence-corrected chi connectivity index (χ0v) is 18.8. The normalized spacial score (nSPS) is 14.5. The van der Waals surface area contributed by atoms with E-state index in [9.17, 15) is 13.2 Å². The Labute approximate surface area is 180 Å². The fourth-order valence-corrected chi connectivity index (χ4v) is 5.00. The molecule has 158 valence electrons. The van der Waals surface area contributed by atoms with Gasteiger partial charge in [0.05, 0.1) is 15.6 Å². The van der Waals surface area contributed by atoms with E-state index in [0.717, 1.165) is 41.1 Å². The summed E-state index contributed by atoms with van der Waals surface area (Å²) in [4.78, 5) is 12.4. The summed E-state index contributed by atoms with van der Waals surface area (Å²) in [7, 11) is -0.711. The molecule has 0 saturated heterocycles. The molecule has 0 unspecified atom stereocenters. The first-order valence-corrected chi connectivity index (χ1v) is 12.2. The quantitative estimate of drug-likeness (QED) is 0.642. The van der Waals surface area contributed by atoms with Crippen LogP contribution in [0.2, 0.25) is 5.02 Å². The van der Waals surface area contributed by atoms with Gasteiger partial charge in [-0.1, -0.05) is 29.8 Å². The van der Waals surface area contributed by atoms with E-state index in [0.29, 0.717) is 5.75 Å². The van der Waals surface area contributed by atoms with Crippen LogP contribution in [0.5, 0.6) is 0 Å². The number of hydrogen-bond donors (Lipinski definition) is 1. The van der Waals surface area contributed by atoms with Crippen LogP contribution in [0.1, 0.15) is 31.5 Å². The maximum atomic E-state index is 12.3. The second-order valence-electron chi connectivity index (χ2n) is 6.94. The number of nitrogens with one attached hydrogen (secondary N) is 1. The molecule has 0 atom stereocenters. The SMILES string of the molecule is CN(C)S(=O)(=O)c1ccc(Cl)c(NC(=O)CCSc2nnc3n2CCCCC3)c1. The number of aryl methyl sites for hydroxylation is 1. The van der Waals surface area contributed by atoms with E-state index in [1.54, 1.807) is 0 Å². The lowest BCUT2D eigenvalue weighted by Gasteiger charge is -2.14. The number of anilines is 1. The maximum absolute atomic E-state index is 12.3. The lowest BCUT2D eigenvalue weighted by Crippen LogP contribution is -2.22. The van der Waals surface area contributed by atoms with Crippen LogP contribution in [-0.2, 0) is 27.8 Å². The van der Waals surface area contributed by atoms with E-state index in [-0.39, 0.29) is 27.9 Å². The lowest BCUT2D eigenvalue weighted by atomic mass is 10.2. The monoisotopic (exact) mass is 457 g/mol. The molecule has 1 N–H and O–H groups in total. The molecule has 0 bridgehead atoms. The van der Waals surface area contributed by atoms with Crippen molar-refractivity contribution < 1.29 is 13.2 Å². The smallest absolute Gasteiger partial charge is 0.242 e. The van der Waals surface area contributed by atoms with Gasteiger partial charge in [-0.15, -0.1) is 10.2 Å². The first kappa shape index (κ1) is 22.1. The molecular formula is C18H24ClN5O3S2. The predicted molar refractivity (Wildman–Crippen MR) is 114 cm³/mol. The van der Waals surface area contributed by atoms with Crippen molar-refractivity contribution in [3.63, 3.8) is 0 Å².